The van der Waals surface area contributed by atoms with Crippen molar-refractivity contribution in [2.45, 2.75) is 40.2 Å². The Morgan fingerprint density at radius 2 is 2.05 bits per heavy atom. The minimum absolute atomic E-state index is 0.562. The predicted molar refractivity (Wildman–Crippen MR) is 78.1 cm³/mol. The molecular weight excluding hydrogens is 260 g/mol. The largest absolute Gasteiger partial charge is 0.389 e. The average Bonchev–Trinajstić information content (AvgIpc) is 2.63. The summed E-state index contributed by atoms with van der Waals surface area (Å²) in [5.74, 6) is 0. The highest BCUT2D eigenvalue weighted by molar-refractivity contribution is 6.31. The van der Waals surface area contributed by atoms with Crippen molar-refractivity contribution < 1.29 is 5.11 Å². The van der Waals surface area contributed by atoms with Gasteiger partial charge >= 0.3 is 0 Å². The third-order valence-corrected chi connectivity index (χ3v) is 3.80. The van der Waals surface area contributed by atoms with Gasteiger partial charge in [0.2, 0.25) is 0 Å². The molecule has 2 aromatic rings. The number of aromatic nitrogens is 2. The summed E-state index contributed by atoms with van der Waals surface area (Å²) in [6.45, 7) is 7.92. The quantitative estimate of drug-likeness (QED) is 0.928. The number of benzene rings is 1. The van der Waals surface area contributed by atoms with E-state index >= 15 is 0 Å². The fourth-order valence-corrected chi connectivity index (χ4v) is 2.76. The van der Waals surface area contributed by atoms with Crippen LogP contribution < -0.4 is 0 Å². The second-order valence-corrected chi connectivity index (χ2v) is 5.20. The maximum atomic E-state index is 9.60. The van der Waals surface area contributed by atoms with Gasteiger partial charge in [0.15, 0.2) is 0 Å². The second-order valence-electron chi connectivity index (χ2n) is 4.80. The first-order valence-corrected chi connectivity index (χ1v) is 6.86. The van der Waals surface area contributed by atoms with E-state index in [1.54, 1.807) is 6.92 Å². The first-order chi connectivity index (χ1) is 8.95. The van der Waals surface area contributed by atoms with Crippen molar-refractivity contribution >= 4 is 11.6 Å². The van der Waals surface area contributed by atoms with Gasteiger partial charge in [-0.25, -0.2) is 4.68 Å². The van der Waals surface area contributed by atoms with Crippen molar-refractivity contribution in [3.63, 3.8) is 0 Å². The summed E-state index contributed by atoms with van der Waals surface area (Å²) in [6.07, 6.45) is 0.408. The van der Waals surface area contributed by atoms with E-state index in [9.17, 15) is 5.11 Å². The number of aryl methyl sites for hydroxylation is 1. The van der Waals surface area contributed by atoms with Crippen LogP contribution in [0.15, 0.2) is 18.2 Å². The Morgan fingerprint density at radius 1 is 1.37 bits per heavy atom. The van der Waals surface area contributed by atoms with Crippen LogP contribution in [0.5, 0.6) is 0 Å². The summed E-state index contributed by atoms with van der Waals surface area (Å²) in [5, 5.41) is 14.7. The normalized spacial score (nSPS) is 12.7. The lowest BCUT2D eigenvalue weighted by molar-refractivity contribution is 0.199. The highest BCUT2D eigenvalue weighted by atomic mass is 35.5. The number of halogens is 1. The molecule has 3 nitrogen and oxygen atoms in total. The molecule has 0 amide bonds. The van der Waals surface area contributed by atoms with E-state index in [4.69, 9.17) is 11.6 Å². The van der Waals surface area contributed by atoms with Crippen molar-refractivity contribution in [1.82, 2.24) is 9.78 Å². The molecule has 0 radical (unpaired) electrons. The summed E-state index contributed by atoms with van der Waals surface area (Å²) in [5.41, 5.74) is 5.13. The molecule has 2 rings (SSSR count). The van der Waals surface area contributed by atoms with Gasteiger partial charge in [0, 0.05) is 10.7 Å². The SMILES string of the molecule is CCc1c(C)nn(-c2ccc(C(C)O)c(Cl)c2)c1C. The van der Waals surface area contributed by atoms with Crippen LogP contribution in [0, 0.1) is 13.8 Å². The van der Waals surface area contributed by atoms with E-state index in [2.05, 4.69) is 18.9 Å². The fraction of sp³-hybridized carbons (Fsp3) is 0.400. The summed E-state index contributed by atoms with van der Waals surface area (Å²) >= 11 is 6.21. The Balaban J connectivity index is 2.51. The van der Waals surface area contributed by atoms with Gasteiger partial charge in [-0.05, 0) is 50.5 Å². The van der Waals surface area contributed by atoms with Gasteiger partial charge in [0.1, 0.15) is 0 Å². The van der Waals surface area contributed by atoms with Gasteiger partial charge in [-0.2, -0.15) is 5.10 Å². The Bertz CT molecular complexity index is 602. The average molecular weight is 279 g/mol. The Morgan fingerprint density at radius 3 is 2.53 bits per heavy atom. The molecule has 19 heavy (non-hydrogen) atoms. The van der Waals surface area contributed by atoms with Crippen LogP contribution in [0.1, 0.15) is 42.5 Å². The molecule has 1 aromatic carbocycles. The minimum Gasteiger partial charge on any atom is -0.389 e. The summed E-state index contributed by atoms with van der Waals surface area (Å²) in [7, 11) is 0. The first-order valence-electron chi connectivity index (χ1n) is 6.48. The molecule has 0 aliphatic rings. The molecule has 0 saturated carbocycles. The summed E-state index contributed by atoms with van der Waals surface area (Å²) in [4.78, 5) is 0. The molecular formula is C15H19ClN2O. The highest BCUT2D eigenvalue weighted by Gasteiger charge is 2.13. The van der Waals surface area contributed by atoms with Crippen LogP contribution in [0.25, 0.3) is 5.69 Å². The highest BCUT2D eigenvalue weighted by Crippen LogP contribution is 2.26. The van der Waals surface area contributed by atoms with E-state index in [1.807, 2.05) is 29.8 Å². The molecule has 0 spiro atoms. The van der Waals surface area contributed by atoms with E-state index in [0.717, 1.165) is 29.1 Å². The molecule has 4 heteroatoms. The van der Waals surface area contributed by atoms with Crippen molar-refractivity contribution in [3.8, 4) is 5.69 Å². The number of aliphatic hydroxyl groups is 1. The maximum Gasteiger partial charge on any atom is 0.0776 e. The zero-order valence-corrected chi connectivity index (χ0v) is 12.5. The lowest BCUT2D eigenvalue weighted by atomic mass is 10.1. The molecule has 1 atom stereocenters. The minimum atomic E-state index is -0.562. The van der Waals surface area contributed by atoms with Gasteiger partial charge in [-0.1, -0.05) is 24.6 Å². The molecule has 0 saturated heterocycles. The topological polar surface area (TPSA) is 38.0 Å². The van der Waals surface area contributed by atoms with Gasteiger partial charge in [0.05, 0.1) is 17.5 Å². The Kier molecular flexibility index (Phi) is 3.97. The Labute approximate surface area is 118 Å². The van der Waals surface area contributed by atoms with Crippen LogP contribution in [-0.2, 0) is 6.42 Å². The molecule has 0 fully saturated rings. The first kappa shape index (κ1) is 14.1. The smallest absolute Gasteiger partial charge is 0.0776 e. The third-order valence-electron chi connectivity index (χ3n) is 3.47. The van der Waals surface area contributed by atoms with Crippen LogP contribution >= 0.6 is 11.6 Å². The van der Waals surface area contributed by atoms with E-state index in [1.165, 1.54) is 5.56 Å². The van der Waals surface area contributed by atoms with Crippen molar-refractivity contribution in [2.75, 3.05) is 0 Å². The molecule has 1 unspecified atom stereocenters. The number of hydrogen-bond acceptors (Lipinski definition) is 2. The Hall–Kier alpha value is -1.32. The zero-order valence-electron chi connectivity index (χ0n) is 11.7. The monoisotopic (exact) mass is 278 g/mol. The van der Waals surface area contributed by atoms with Gasteiger partial charge < -0.3 is 5.11 Å². The molecule has 102 valence electrons. The van der Waals surface area contributed by atoms with E-state index in [-0.39, 0.29) is 0 Å². The third kappa shape index (κ3) is 2.53. The van der Waals surface area contributed by atoms with Gasteiger partial charge in [-0.15, -0.1) is 0 Å². The fourth-order valence-electron chi connectivity index (χ4n) is 2.42. The zero-order chi connectivity index (χ0) is 14.2. The molecule has 1 N–H and O–H groups in total. The van der Waals surface area contributed by atoms with Crippen molar-refractivity contribution in [1.29, 1.82) is 0 Å². The van der Waals surface area contributed by atoms with Crippen LogP contribution in [0.4, 0.5) is 0 Å². The lowest BCUT2D eigenvalue weighted by Crippen LogP contribution is -2.01. The van der Waals surface area contributed by atoms with Crippen LogP contribution in [0.2, 0.25) is 5.02 Å². The van der Waals surface area contributed by atoms with Gasteiger partial charge in [-0.3, -0.25) is 0 Å². The molecule has 0 bridgehead atoms. The second kappa shape index (κ2) is 5.35. The number of rotatable bonds is 3. The van der Waals surface area contributed by atoms with Gasteiger partial charge in [0.25, 0.3) is 0 Å². The molecule has 1 heterocycles. The lowest BCUT2D eigenvalue weighted by Gasteiger charge is -2.10. The number of aliphatic hydroxyl groups excluding tert-OH is 1. The predicted octanol–water partition coefficient (Wildman–Crippen LogP) is 3.76. The maximum absolute atomic E-state index is 9.60. The van der Waals surface area contributed by atoms with Crippen molar-refractivity contribution in [2.24, 2.45) is 0 Å². The van der Waals surface area contributed by atoms with Crippen LogP contribution in [-0.4, -0.2) is 14.9 Å². The van der Waals surface area contributed by atoms with Crippen LogP contribution in [0.3, 0.4) is 0 Å². The standard InChI is InChI=1S/C15H19ClN2O/c1-5-13-9(2)17-18(10(13)3)12-6-7-14(11(4)19)15(16)8-12/h6-8,11,19H,5H2,1-4H3. The number of nitrogens with zero attached hydrogens (tertiary/aromatic N) is 2. The summed E-state index contributed by atoms with van der Waals surface area (Å²) < 4.78 is 1.91. The molecule has 0 aliphatic carbocycles. The van der Waals surface area contributed by atoms with E-state index < -0.39 is 6.10 Å². The van der Waals surface area contributed by atoms with E-state index in [0.29, 0.717) is 5.02 Å². The molecule has 0 aliphatic heterocycles. The number of hydrogen-bond donors (Lipinski definition) is 1. The van der Waals surface area contributed by atoms with Crippen molar-refractivity contribution in [3.05, 3.63) is 45.7 Å². The molecule has 1 aromatic heterocycles. The summed E-state index contributed by atoms with van der Waals surface area (Å²) in [6, 6.07) is 5.64.